The predicted octanol–water partition coefficient (Wildman–Crippen LogP) is 14.2. The second-order valence-electron chi connectivity index (χ2n) is 15.1. The molecule has 0 saturated heterocycles. The first-order valence-corrected chi connectivity index (χ1v) is 20.4. The highest BCUT2D eigenvalue weighted by Gasteiger charge is 2.51. The van der Waals surface area contributed by atoms with Crippen molar-refractivity contribution in [2.45, 2.75) is 5.41 Å². The van der Waals surface area contributed by atoms with Crippen LogP contribution >= 0.6 is 11.3 Å². The lowest BCUT2D eigenvalue weighted by Crippen LogP contribution is -2.32. The molecule has 0 fully saturated rings. The van der Waals surface area contributed by atoms with E-state index in [4.69, 9.17) is 19.1 Å². The van der Waals surface area contributed by atoms with Gasteiger partial charge in [-0.25, -0.2) is 9.97 Å². The van der Waals surface area contributed by atoms with Gasteiger partial charge in [0.1, 0.15) is 22.7 Å². The van der Waals surface area contributed by atoms with Crippen LogP contribution in [0.25, 0.3) is 87.1 Å². The Kier molecular flexibility index (Phi) is 6.49. The van der Waals surface area contributed by atoms with Gasteiger partial charge >= 0.3 is 0 Å². The van der Waals surface area contributed by atoms with E-state index in [1.807, 2.05) is 18.2 Å². The molecule has 0 bridgehead atoms. The maximum Gasteiger partial charge on any atom is 0.160 e. The number of furan rings is 1. The first kappa shape index (κ1) is 31.8. The largest absolute Gasteiger partial charge is 0.457 e. The van der Waals surface area contributed by atoms with Gasteiger partial charge in [-0.1, -0.05) is 140 Å². The zero-order valence-electron chi connectivity index (χ0n) is 30.9. The smallest absolute Gasteiger partial charge is 0.160 e. The fourth-order valence-corrected chi connectivity index (χ4v) is 11.0. The molecule has 270 valence electrons. The minimum absolute atomic E-state index is 0.550. The molecule has 8 aromatic carbocycles. The summed E-state index contributed by atoms with van der Waals surface area (Å²) in [6, 6.07) is 64.6. The normalized spacial score (nSPS) is 13.4. The van der Waals surface area contributed by atoms with Crippen molar-refractivity contribution >= 4 is 53.6 Å². The molecule has 1 aliphatic heterocycles. The van der Waals surface area contributed by atoms with Gasteiger partial charge in [-0.05, 0) is 75.8 Å². The third-order valence-corrected chi connectivity index (χ3v) is 13.3. The third kappa shape index (κ3) is 4.23. The van der Waals surface area contributed by atoms with Crippen LogP contribution in [0.3, 0.4) is 0 Å². The van der Waals surface area contributed by atoms with Gasteiger partial charge in [0.25, 0.3) is 0 Å². The molecule has 4 heterocycles. The van der Waals surface area contributed by atoms with Gasteiger partial charge in [0.15, 0.2) is 5.82 Å². The topological polar surface area (TPSA) is 48.2 Å². The van der Waals surface area contributed by atoms with Crippen LogP contribution in [0.2, 0.25) is 0 Å². The maximum atomic E-state index is 6.68. The van der Waals surface area contributed by atoms with Gasteiger partial charge in [-0.2, -0.15) is 0 Å². The first-order chi connectivity index (χ1) is 28.8. The average Bonchev–Trinajstić information content (AvgIpc) is 3.95. The van der Waals surface area contributed by atoms with E-state index in [-0.39, 0.29) is 0 Å². The highest BCUT2D eigenvalue weighted by molar-refractivity contribution is 7.26. The summed E-state index contributed by atoms with van der Waals surface area (Å²) in [5, 5.41) is 3.28. The van der Waals surface area contributed by atoms with Crippen LogP contribution in [0, 0.1) is 0 Å². The fraction of sp³-hybridized carbons (Fsp3) is 0.0189. The molecule has 13 rings (SSSR count). The van der Waals surface area contributed by atoms with Gasteiger partial charge in [0, 0.05) is 43.1 Å². The van der Waals surface area contributed by atoms with Crippen molar-refractivity contribution in [3.05, 3.63) is 204 Å². The summed E-state index contributed by atoms with van der Waals surface area (Å²) in [4.78, 5) is 10.5. The van der Waals surface area contributed by atoms with E-state index in [9.17, 15) is 0 Å². The lowest BCUT2D eigenvalue weighted by atomic mass is 9.66. The predicted molar refractivity (Wildman–Crippen MR) is 236 cm³/mol. The number of ether oxygens (including phenoxy) is 1. The van der Waals surface area contributed by atoms with E-state index in [2.05, 4.69) is 164 Å². The zero-order chi connectivity index (χ0) is 38.0. The Balaban J connectivity index is 1.08. The summed E-state index contributed by atoms with van der Waals surface area (Å²) in [5.41, 5.74) is 14.6. The van der Waals surface area contributed by atoms with Crippen LogP contribution in [0.5, 0.6) is 11.5 Å². The molecule has 11 aromatic rings. The quantitative estimate of drug-likeness (QED) is 0.180. The van der Waals surface area contributed by atoms with E-state index in [0.29, 0.717) is 5.82 Å². The lowest BCUT2D eigenvalue weighted by Gasteiger charge is -2.39. The zero-order valence-corrected chi connectivity index (χ0v) is 31.8. The van der Waals surface area contributed by atoms with Crippen molar-refractivity contribution < 1.29 is 9.15 Å². The van der Waals surface area contributed by atoms with Crippen molar-refractivity contribution in [1.82, 2.24) is 9.97 Å². The van der Waals surface area contributed by atoms with E-state index in [1.54, 1.807) is 11.3 Å². The maximum absolute atomic E-state index is 6.68. The molecule has 4 nitrogen and oxygen atoms in total. The molecule has 58 heavy (non-hydrogen) atoms. The van der Waals surface area contributed by atoms with Crippen molar-refractivity contribution in [2.24, 2.45) is 0 Å². The molecule has 2 aliphatic rings. The number of hydrogen-bond acceptors (Lipinski definition) is 5. The van der Waals surface area contributed by atoms with Crippen LogP contribution in [-0.4, -0.2) is 9.97 Å². The molecule has 0 N–H and O–H groups in total. The molecule has 0 radical (unpaired) electrons. The number of benzene rings is 8. The Morgan fingerprint density at radius 1 is 0.466 bits per heavy atom. The Bertz CT molecular complexity index is 3460. The molecule has 1 aliphatic carbocycles. The van der Waals surface area contributed by atoms with Crippen LogP contribution in [0.15, 0.2) is 186 Å². The average molecular weight is 759 g/mol. The molecular formula is C53H30N2O2S. The standard InChI is InChI=1S/C53H30N2O2S/c1-2-14-31(15-3-1)52-54-49(51-50(55-52)36-17-5-11-27-46(36)58-51)32-28-29-42-37(30-32)48-34(19-13-26-45(48)56-42)33-18-12-23-41-47(33)35-16-4-6-20-38(35)53(41)39-21-7-9-24-43(39)57-44-25-10-8-22-40(44)53/h1-30H. The van der Waals surface area contributed by atoms with Crippen molar-refractivity contribution in [3.63, 3.8) is 0 Å². The van der Waals surface area contributed by atoms with Crippen LogP contribution in [0.4, 0.5) is 0 Å². The molecular weight excluding hydrogens is 729 g/mol. The minimum Gasteiger partial charge on any atom is -0.457 e. The minimum atomic E-state index is -0.550. The Labute approximate surface area is 337 Å². The number of para-hydroxylation sites is 2. The molecule has 0 atom stereocenters. The Hall–Kier alpha value is -7.34. The van der Waals surface area contributed by atoms with Gasteiger partial charge in [0.2, 0.25) is 0 Å². The van der Waals surface area contributed by atoms with Crippen LogP contribution in [-0.2, 0) is 5.41 Å². The Morgan fingerprint density at radius 3 is 1.98 bits per heavy atom. The van der Waals surface area contributed by atoms with Crippen LogP contribution in [0.1, 0.15) is 22.3 Å². The van der Waals surface area contributed by atoms with E-state index < -0.39 is 5.41 Å². The summed E-state index contributed by atoms with van der Waals surface area (Å²) in [7, 11) is 0. The van der Waals surface area contributed by atoms with Gasteiger partial charge in [-0.15, -0.1) is 11.3 Å². The van der Waals surface area contributed by atoms with E-state index >= 15 is 0 Å². The highest BCUT2D eigenvalue weighted by Crippen LogP contribution is 2.63. The summed E-state index contributed by atoms with van der Waals surface area (Å²) in [6.07, 6.45) is 0. The van der Waals surface area contributed by atoms with Gasteiger partial charge in [-0.3, -0.25) is 0 Å². The summed E-state index contributed by atoms with van der Waals surface area (Å²) >= 11 is 1.75. The monoisotopic (exact) mass is 758 g/mol. The summed E-state index contributed by atoms with van der Waals surface area (Å²) < 4.78 is 15.6. The number of thiophene rings is 1. The summed E-state index contributed by atoms with van der Waals surface area (Å²) in [5.74, 6) is 2.49. The van der Waals surface area contributed by atoms with Crippen molar-refractivity contribution in [2.75, 3.05) is 0 Å². The molecule has 5 heteroatoms. The van der Waals surface area contributed by atoms with Gasteiger partial charge in [0.05, 0.1) is 21.3 Å². The fourth-order valence-electron chi connectivity index (χ4n) is 9.83. The number of fused-ring (bicyclic) bond motifs is 15. The second kappa shape index (κ2) is 11.8. The SMILES string of the molecule is c1ccc(-c2nc(-c3ccc4oc5cccc(-c6cccc7c6-c6ccccc6C76c7ccccc7Oc7ccccc76)c5c4c3)c3sc4ccccc4c3n2)cc1. The third-order valence-electron chi connectivity index (χ3n) is 12.2. The molecule has 0 saturated carbocycles. The molecule has 0 unspecified atom stereocenters. The second-order valence-corrected chi connectivity index (χ2v) is 16.2. The van der Waals surface area contributed by atoms with Crippen LogP contribution < -0.4 is 4.74 Å². The number of aromatic nitrogens is 2. The van der Waals surface area contributed by atoms with Gasteiger partial charge < -0.3 is 9.15 Å². The molecule has 0 amide bonds. The molecule has 1 spiro atoms. The van der Waals surface area contributed by atoms with Crippen molar-refractivity contribution in [3.8, 4) is 56.4 Å². The summed E-state index contributed by atoms with van der Waals surface area (Å²) in [6.45, 7) is 0. The lowest BCUT2D eigenvalue weighted by molar-refractivity contribution is 0.436. The number of nitrogens with zero attached hydrogens (tertiary/aromatic N) is 2. The Morgan fingerprint density at radius 2 is 1.14 bits per heavy atom. The number of hydrogen-bond donors (Lipinski definition) is 0. The number of rotatable bonds is 3. The molecule has 3 aromatic heterocycles. The van der Waals surface area contributed by atoms with Crippen molar-refractivity contribution in [1.29, 1.82) is 0 Å². The highest BCUT2D eigenvalue weighted by atomic mass is 32.1. The van der Waals surface area contributed by atoms with E-state index in [0.717, 1.165) is 82.6 Å². The van der Waals surface area contributed by atoms with E-state index in [1.165, 1.54) is 32.5 Å². The first-order valence-electron chi connectivity index (χ1n) is 19.6.